The van der Waals surface area contributed by atoms with Crippen molar-refractivity contribution in [3.63, 3.8) is 0 Å². The van der Waals surface area contributed by atoms with Crippen LogP contribution in [-0.4, -0.2) is 28.9 Å². The summed E-state index contributed by atoms with van der Waals surface area (Å²) in [5, 5.41) is 13.9. The lowest BCUT2D eigenvalue weighted by Gasteiger charge is -2.14. The molecule has 3 aromatic rings. The molecule has 1 heterocycles. The Morgan fingerprint density at radius 1 is 1.04 bits per heavy atom. The number of benzene rings is 2. The van der Waals surface area contributed by atoms with Crippen molar-refractivity contribution in [2.45, 2.75) is 6.42 Å². The Kier molecular flexibility index (Phi) is 3.39. The minimum Gasteiger partial charge on any atom is -0.507 e. The molecule has 0 bridgehead atoms. The van der Waals surface area contributed by atoms with Crippen LogP contribution in [-0.2, 0) is 6.42 Å². The number of carbonyl (C=O) groups excluding carboxylic acids is 2. The lowest BCUT2D eigenvalue weighted by Crippen LogP contribution is -2.20. The first-order valence-electron chi connectivity index (χ1n) is 7.63. The van der Waals surface area contributed by atoms with Crippen LogP contribution in [0.5, 0.6) is 11.5 Å². The summed E-state index contributed by atoms with van der Waals surface area (Å²) >= 11 is 0. The average molecular weight is 335 g/mol. The maximum atomic E-state index is 12.8. The monoisotopic (exact) mass is 335 g/mol. The molecular formula is C19H13NO5. The fourth-order valence-corrected chi connectivity index (χ4v) is 2.98. The van der Waals surface area contributed by atoms with Gasteiger partial charge in [0, 0.05) is 12.0 Å². The molecule has 0 unspecified atom stereocenters. The zero-order valence-electron chi connectivity index (χ0n) is 13.3. The van der Waals surface area contributed by atoms with Gasteiger partial charge < -0.3 is 14.4 Å². The maximum absolute atomic E-state index is 12.8. The van der Waals surface area contributed by atoms with Gasteiger partial charge in [-0.25, -0.2) is 0 Å². The van der Waals surface area contributed by atoms with Crippen molar-refractivity contribution >= 4 is 11.6 Å². The third kappa shape index (κ3) is 2.30. The molecule has 1 aliphatic carbocycles. The third-order valence-corrected chi connectivity index (χ3v) is 4.24. The summed E-state index contributed by atoms with van der Waals surface area (Å²) in [6.45, 7) is 0. The second-order valence-corrected chi connectivity index (χ2v) is 5.72. The number of carbonyl (C=O) groups is 2. The smallest absolute Gasteiger partial charge is 0.232 e. The molecule has 0 spiro atoms. The van der Waals surface area contributed by atoms with E-state index in [-0.39, 0.29) is 28.2 Å². The number of aromatic nitrogens is 1. The van der Waals surface area contributed by atoms with Gasteiger partial charge in [0.25, 0.3) is 0 Å². The summed E-state index contributed by atoms with van der Waals surface area (Å²) in [5.41, 5.74) is 1.51. The van der Waals surface area contributed by atoms with Crippen molar-refractivity contribution in [1.82, 2.24) is 5.16 Å². The fraction of sp³-hybridized carbons (Fsp3) is 0.105. The predicted molar refractivity (Wildman–Crippen MR) is 87.3 cm³/mol. The number of phenolic OH excluding ortho intramolecular Hbond substituents is 1. The van der Waals surface area contributed by atoms with E-state index in [2.05, 4.69) is 5.16 Å². The molecule has 0 radical (unpaired) electrons. The van der Waals surface area contributed by atoms with Crippen LogP contribution in [0.4, 0.5) is 0 Å². The van der Waals surface area contributed by atoms with Gasteiger partial charge in [0.1, 0.15) is 11.5 Å². The van der Waals surface area contributed by atoms with E-state index >= 15 is 0 Å². The molecule has 1 aromatic heterocycles. The van der Waals surface area contributed by atoms with E-state index in [1.807, 2.05) is 12.1 Å². The topological polar surface area (TPSA) is 89.6 Å². The molecule has 0 saturated heterocycles. The minimum atomic E-state index is -0.451. The zero-order chi connectivity index (χ0) is 17.6. The lowest BCUT2D eigenvalue weighted by atomic mass is 9.86. The van der Waals surface area contributed by atoms with E-state index in [9.17, 15) is 14.7 Å². The largest absolute Gasteiger partial charge is 0.507 e. The molecule has 4 rings (SSSR count). The number of nitrogens with zero attached hydrogens (tertiary/aromatic N) is 1. The van der Waals surface area contributed by atoms with Gasteiger partial charge in [-0.15, -0.1) is 0 Å². The highest BCUT2D eigenvalue weighted by Gasteiger charge is 2.38. The van der Waals surface area contributed by atoms with E-state index in [1.54, 1.807) is 19.2 Å². The number of ketones is 2. The Morgan fingerprint density at radius 3 is 2.52 bits per heavy atom. The Balaban J connectivity index is 1.77. The van der Waals surface area contributed by atoms with Crippen LogP contribution in [0, 0.1) is 0 Å². The highest BCUT2D eigenvalue weighted by atomic mass is 16.5. The SMILES string of the molecule is COc1ccc(Cc2noc3c2C(=O)c2c(O)cccc2C3=O)cc1. The van der Waals surface area contributed by atoms with Crippen molar-refractivity contribution < 1.29 is 24.0 Å². The predicted octanol–water partition coefficient (Wildman–Crippen LogP) is 2.76. The van der Waals surface area contributed by atoms with Crippen molar-refractivity contribution in [1.29, 1.82) is 0 Å². The van der Waals surface area contributed by atoms with Gasteiger partial charge in [0.15, 0.2) is 0 Å². The van der Waals surface area contributed by atoms with Gasteiger partial charge in [-0.1, -0.05) is 23.4 Å². The summed E-state index contributed by atoms with van der Waals surface area (Å²) in [6.07, 6.45) is 0.324. The maximum Gasteiger partial charge on any atom is 0.232 e. The summed E-state index contributed by atoms with van der Waals surface area (Å²) in [5.74, 6) is -0.484. The van der Waals surface area contributed by atoms with Gasteiger partial charge in [0.2, 0.25) is 17.3 Å². The molecule has 0 saturated carbocycles. The molecule has 1 N–H and O–H groups in total. The van der Waals surface area contributed by atoms with Crippen LogP contribution in [0.3, 0.4) is 0 Å². The molecule has 6 heteroatoms. The molecule has 0 aliphatic heterocycles. The molecule has 2 aromatic carbocycles. The normalized spacial score (nSPS) is 12.7. The van der Waals surface area contributed by atoms with Gasteiger partial charge in [-0.3, -0.25) is 9.59 Å². The number of fused-ring (bicyclic) bond motifs is 2. The van der Waals surface area contributed by atoms with Gasteiger partial charge >= 0.3 is 0 Å². The number of aromatic hydroxyl groups is 1. The summed E-state index contributed by atoms with van der Waals surface area (Å²) in [6, 6.07) is 11.7. The Bertz CT molecular complexity index is 1000. The molecular weight excluding hydrogens is 322 g/mol. The number of rotatable bonds is 3. The highest BCUT2D eigenvalue weighted by Crippen LogP contribution is 2.34. The summed E-state index contributed by atoms with van der Waals surface area (Å²) in [4.78, 5) is 25.4. The van der Waals surface area contributed by atoms with E-state index < -0.39 is 11.6 Å². The lowest BCUT2D eigenvalue weighted by molar-refractivity contribution is 0.0952. The van der Waals surface area contributed by atoms with Crippen molar-refractivity contribution in [2.24, 2.45) is 0 Å². The molecule has 25 heavy (non-hydrogen) atoms. The van der Waals surface area contributed by atoms with Gasteiger partial charge in [-0.2, -0.15) is 0 Å². The van der Waals surface area contributed by atoms with Crippen LogP contribution >= 0.6 is 0 Å². The van der Waals surface area contributed by atoms with Crippen molar-refractivity contribution in [3.8, 4) is 11.5 Å². The fourth-order valence-electron chi connectivity index (χ4n) is 2.98. The highest BCUT2D eigenvalue weighted by molar-refractivity contribution is 6.28. The minimum absolute atomic E-state index is 0.000758. The first-order chi connectivity index (χ1) is 12.1. The van der Waals surface area contributed by atoms with E-state index in [0.29, 0.717) is 12.1 Å². The number of phenols is 1. The molecule has 0 atom stereocenters. The number of methoxy groups -OCH3 is 1. The van der Waals surface area contributed by atoms with Crippen molar-refractivity contribution in [3.05, 3.63) is 76.2 Å². The molecule has 0 amide bonds. The second-order valence-electron chi connectivity index (χ2n) is 5.72. The molecule has 0 fully saturated rings. The van der Waals surface area contributed by atoms with Crippen LogP contribution in [0.1, 0.15) is 43.3 Å². The number of hydrogen-bond donors (Lipinski definition) is 1. The Morgan fingerprint density at radius 2 is 1.80 bits per heavy atom. The summed E-state index contributed by atoms with van der Waals surface area (Å²) in [7, 11) is 1.58. The first-order valence-corrected chi connectivity index (χ1v) is 7.63. The molecule has 1 aliphatic rings. The molecule has 6 nitrogen and oxygen atoms in total. The van der Waals surface area contributed by atoms with E-state index in [4.69, 9.17) is 9.26 Å². The van der Waals surface area contributed by atoms with E-state index in [1.165, 1.54) is 18.2 Å². The van der Waals surface area contributed by atoms with Crippen LogP contribution in [0.2, 0.25) is 0 Å². The second kappa shape index (κ2) is 5.59. The summed E-state index contributed by atoms with van der Waals surface area (Å²) < 4.78 is 10.3. The van der Waals surface area contributed by atoms with Crippen molar-refractivity contribution in [2.75, 3.05) is 7.11 Å². The van der Waals surface area contributed by atoms with Crippen LogP contribution in [0.15, 0.2) is 47.0 Å². The average Bonchev–Trinajstić information content (AvgIpc) is 3.04. The zero-order valence-corrected chi connectivity index (χ0v) is 13.3. The molecule has 124 valence electrons. The first kappa shape index (κ1) is 15.1. The van der Waals surface area contributed by atoms with Crippen LogP contribution in [0.25, 0.3) is 0 Å². The number of hydrogen-bond acceptors (Lipinski definition) is 6. The third-order valence-electron chi connectivity index (χ3n) is 4.24. The quantitative estimate of drug-likeness (QED) is 0.619. The van der Waals surface area contributed by atoms with Crippen LogP contribution < -0.4 is 4.74 Å². The Hall–Kier alpha value is -3.41. The van der Waals surface area contributed by atoms with E-state index in [0.717, 1.165) is 11.3 Å². The van der Waals surface area contributed by atoms with Gasteiger partial charge in [0.05, 0.1) is 23.9 Å². The Labute approximate surface area is 142 Å². The standard InChI is InChI=1S/C19H13NO5/c1-24-11-7-5-10(6-8-11)9-13-16-18(23)15-12(3-2-4-14(15)21)17(22)19(16)25-20-13/h2-8,21H,9H2,1H3. The van der Waals surface area contributed by atoms with Gasteiger partial charge in [-0.05, 0) is 29.8 Å². The number of ether oxygens (including phenoxy) is 1.